The minimum absolute atomic E-state index is 0.377. The van der Waals surface area contributed by atoms with Crippen molar-refractivity contribution >= 4 is 0 Å². The Labute approximate surface area is 75.5 Å². The summed E-state index contributed by atoms with van der Waals surface area (Å²) in [7, 11) is 0. The van der Waals surface area contributed by atoms with Gasteiger partial charge >= 0.3 is 0 Å². The van der Waals surface area contributed by atoms with Gasteiger partial charge in [-0.3, -0.25) is 0 Å². The lowest BCUT2D eigenvalue weighted by molar-refractivity contribution is -0.0355. The molecule has 0 radical (unpaired) electrons. The smallest absolute Gasteiger partial charge is 0.0581 e. The van der Waals surface area contributed by atoms with Crippen LogP contribution in [0.1, 0.15) is 33.6 Å². The maximum absolute atomic E-state index is 6.02. The molecule has 0 aromatic rings. The van der Waals surface area contributed by atoms with Crippen LogP contribution >= 0.6 is 0 Å². The highest BCUT2D eigenvalue weighted by molar-refractivity contribution is 4.88. The van der Waals surface area contributed by atoms with Crippen molar-refractivity contribution in [2.24, 2.45) is 17.6 Å². The molecule has 0 bridgehead atoms. The van der Waals surface area contributed by atoms with E-state index in [9.17, 15) is 0 Å². The van der Waals surface area contributed by atoms with Crippen molar-refractivity contribution in [1.29, 1.82) is 0 Å². The molecule has 2 N–H and O–H groups in total. The van der Waals surface area contributed by atoms with Gasteiger partial charge in [0, 0.05) is 12.6 Å². The molecule has 72 valence electrons. The van der Waals surface area contributed by atoms with E-state index in [0.717, 1.165) is 6.61 Å². The van der Waals surface area contributed by atoms with Gasteiger partial charge in [-0.05, 0) is 31.6 Å². The topological polar surface area (TPSA) is 35.2 Å². The fourth-order valence-corrected chi connectivity index (χ4v) is 1.84. The molecule has 1 aliphatic carbocycles. The third kappa shape index (κ3) is 2.20. The van der Waals surface area contributed by atoms with E-state index in [1.807, 2.05) is 0 Å². The molecule has 0 aliphatic heterocycles. The highest BCUT2D eigenvalue weighted by Crippen LogP contribution is 2.34. The lowest BCUT2D eigenvalue weighted by Crippen LogP contribution is -2.45. The molecule has 1 aliphatic rings. The van der Waals surface area contributed by atoms with Gasteiger partial charge in [0.05, 0.1) is 6.10 Å². The van der Waals surface area contributed by atoms with Crippen molar-refractivity contribution in [2.75, 3.05) is 6.61 Å². The first-order valence-corrected chi connectivity index (χ1v) is 5.02. The second-order valence-corrected chi connectivity index (χ2v) is 4.13. The lowest BCUT2D eigenvalue weighted by atomic mass is 9.74. The summed E-state index contributed by atoms with van der Waals surface area (Å²) in [6, 6.07) is 0.377. The zero-order chi connectivity index (χ0) is 9.14. The molecule has 1 rings (SSSR count). The third-order valence-electron chi connectivity index (χ3n) is 2.85. The van der Waals surface area contributed by atoms with Crippen LogP contribution in [0.15, 0.2) is 0 Å². The normalized spacial score (nSPS) is 31.8. The standard InChI is InChI=1S/C10H21NO/c1-4-12-9-5-8(6-9)10(11)7(2)3/h7-10H,4-6,11H2,1-3H3. The number of ether oxygens (including phenoxy) is 1. The predicted molar refractivity (Wildman–Crippen MR) is 51.0 cm³/mol. The summed E-state index contributed by atoms with van der Waals surface area (Å²) < 4.78 is 5.48. The van der Waals surface area contributed by atoms with Gasteiger partial charge < -0.3 is 10.5 Å². The van der Waals surface area contributed by atoms with Crippen LogP contribution in [0.4, 0.5) is 0 Å². The Bertz CT molecular complexity index is 130. The van der Waals surface area contributed by atoms with E-state index in [4.69, 9.17) is 10.5 Å². The summed E-state index contributed by atoms with van der Waals surface area (Å²) in [6.45, 7) is 7.28. The van der Waals surface area contributed by atoms with Gasteiger partial charge in [-0.1, -0.05) is 13.8 Å². The summed E-state index contributed by atoms with van der Waals surface area (Å²) in [5.74, 6) is 1.32. The Morgan fingerprint density at radius 2 is 2.00 bits per heavy atom. The van der Waals surface area contributed by atoms with Crippen molar-refractivity contribution in [3.05, 3.63) is 0 Å². The van der Waals surface area contributed by atoms with Crippen LogP contribution < -0.4 is 5.73 Å². The van der Waals surface area contributed by atoms with Gasteiger partial charge in [0.15, 0.2) is 0 Å². The van der Waals surface area contributed by atoms with Crippen LogP contribution in [0.5, 0.6) is 0 Å². The van der Waals surface area contributed by atoms with Crippen molar-refractivity contribution in [3.8, 4) is 0 Å². The van der Waals surface area contributed by atoms with Gasteiger partial charge in [0.25, 0.3) is 0 Å². The maximum atomic E-state index is 6.02. The molecule has 0 saturated heterocycles. The third-order valence-corrected chi connectivity index (χ3v) is 2.85. The lowest BCUT2D eigenvalue weighted by Gasteiger charge is -2.40. The molecule has 0 spiro atoms. The summed E-state index contributed by atoms with van der Waals surface area (Å²) >= 11 is 0. The monoisotopic (exact) mass is 171 g/mol. The molecule has 2 nitrogen and oxygen atoms in total. The van der Waals surface area contributed by atoms with Crippen LogP contribution in [0.25, 0.3) is 0 Å². The zero-order valence-corrected chi connectivity index (χ0v) is 8.42. The Morgan fingerprint density at radius 3 is 2.42 bits per heavy atom. The minimum Gasteiger partial charge on any atom is -0.378 e. The van der Waals surface area contributed by atoms with Gasteiger partial charge in [-0.25, -0.2) is 0 Å². The van der Waals surface area contributed by atoms with E-state index >= 15 is 0 Å². The van der Waals surface area contributed by atoms with Crippen molar-refractivity contribution in [1.82, 2.24) is 0 Å². The van der Waals surface area contributed by atoms with Gasteiger partial charge in [0.1, 0.15) is 0 Å². The molecule has 0 amide bonds. The summed E-state index contributed by atoms with van der Waals surface area (Å²) in [5.41, 5.74) is 6.02. The zero-order valence-electron chi connectivity index (χ0n) is 8.42. The van der Waals surface area contributed by atoms with Crippen LogP contribution in [-0.2, 0) is 4.74 Å². The fourth-order valence-electron chi connectivity index (χ4n) is 1.84. The first kappa shape index (κ1) is 10.0. The molecule has 0 aromatic heterocycles. The first-order valence-electron chi connectivity index (χ1n) is 5.02. The largest absolute Gasteiger partial charge is 0.378 e. The van der Waals surface area contributed by atoms with Crippen LogP contribution in [0.3, 0.4) is 0 Å². The van der Waals surface area contributed by atoms with E-state index in [0.29, 0.717) is 24.0 Å². The summed E-state index contributed by atoms with van der Waals surface area (Å²) in [5, 5.41) is 0. The van der Waals surface area contributed by atoms with E-state index in [-0.39, 0.29) is 0 Å². The Balaban J connectivity index is 2.16. The fraction of sp³-hybridized carbons (Fsp3) is 1.00. The first-order chi connectivity index (χ1) is 5.65. The summed E-state index contributed by atoms with van der Waals surface area (Å²) in [4.78, 5) is 0. The van der Waals surface area contributed by atoms with Gasteiger partial charge in [0.2, 0.25) is 0 Å². The van der Waals surface area contributed by atoms with E-state index in [2.05, 4.69) is 20.8 Å². The number of nitrogens with two attached hydrogens (primary N) is 1. The van der Waals surface area contributed by atoms with E-state index in [1.165, 1.54) is 12.8 Å². The molecule has 0 aromatic carbocycles. The molecule has 1 fully saturated rings. The Morgan fingerprint density at radius 1 is 1.42 bits per heavy atom. The van der Waals surface area contributed by atoms with E-state index < -0.39 is 0 Å². The second kappa shape index (κ2) is 4.24. The molecule has 1 saturated carbocycles. The average molecular weight is 171 g/mol. The maximum Gasteiger partial charge on any atom is 0.0581 e. The molecule has 1 atom stereocenters. The van der Waals surface area contributed by atoms with Crippen molar-refractivity contribution < 1.29 is 4.74 Å². The van der Waals surface area contributed by atoms with Gasteiger partial charge in [-0.15, -0.1) is 0 Å². The van der Waals surface area contributed by atoms with Crippen molar-refractivity contribution in [3.63, 3.8) is 0 Å². The van der Waals surface area contributed by atoms with Crippen molar-refractivity contribution in [2.45, 2.75) is 45.8 Å². The predicted octanol–water partition coefficient (Wildman–Crippen LogP) is 1.78. The van der Waals surface area contributed by atoms with Gasteiger partial charge in [-0.2, -0.15) is 0 Å². The number of hydrogen-bond acceptors (Lipinski definition) is 2. The average Bonchev–Trinajstić information content (AvgIpc) is 1.94. The second-order valence-electron chi connectivity index (χ2n) is 4.13. The molecule has 0 heterocycles. The minimum atomic E-state index is 0.377. The quantitative estimate of drug-likeness (QED) is 0.700. The molecule has 12 heavy (non-hydrogen) atoms. The van der Waals surface area contributed by atoms with Crippen LogP contribution in [0, 0.1) is 11.8 Å². The molecular weight excluding hydrogens is 150 g/mol. The SMILES string of the molecule is CCOC1CC(C(N)C(C)C)C1. The Hall–Kier alpha value is -0.0800. The Kier molecular flexibility index (Phi) is 3.53. The molecular formula is C10H21NO. The number of hydrogen-bond donors (Lipinski definition) is 1. The van der Waals surface area contributed by atoms with Crippen LogP contribution in [0.2, 0.25) is 0 Å². The highest BCUT2D eigenvalue weighted by atomic mass is 16.5. The van der Waals surface area contributed by atoms with Crippen LogP contribution in [-0.4, -0.2) is 18.8 Å². The number of rotatable bonds is 4. The molecule has 1 unspecified atom stereocenters. The highest BCUT2D eigenvalue weighted by Gasteiger charge is 2.34. The van der Waals surface area contributed by atoms with E-state index in [1.54, 1.807) is 0 Å². The summed E-state index contributed by atoms with van der Waals surface area (Å²) in [6.07, 6.45) is 2.85. The molecule has 2 heteroatoms.